The van der Waals surface area contributed by atoms with E-state index in [0.29, 0.717) is 12.1 Å². The van der Waals surface area contributed by atoms with E-state index in [1.807, 2.05) is 0 Å². The highest BCUT2D eigenvalue weighted by atomic mass is 32.2. The summed E-state index contributed by atoms with van der Waals surface area (Å²) in [4.78, 5) is 14.9. The van der Waals surface area contributed by atoms with E-state index in [9.17, 15) is 13.2 Å². The molecule has 0 radical (unpaired) electrons. The van der Waals surface area contributed by atoms with Gasteiger partial charge in [-0.1, -0.05) is 42.5 Å². The molecular formula is C23H28N2O3S. The minimum atomic E-state index is -3.57. The summed E-state index contributed by atoms with van der Waals surface area (Å²) in [7, 11) is -3.57. The summed E-state index contributed by atoms with van der Waals surface area (Å²) in [5, 5.41) is 0. The third kappa shape index (κ3) is 4.60. The van der Waals surface area contributed by atoms with Crippen LogP contribution in [-0.4, -0.2) is 56.1 Å². The van der Waals surface area contributed by atoms with Crippen molar-refractivity contribution in [2.45, 2.75) is 30.6 Å². The van der Waals surface area contributed by atoms with Crippen molar-refractivity contribution in [3.05, 3.63) is 65.7 Å². The van der Waals surface area contributed by atoms with E-state index >= 15 is 0 Å². The van der Waals surface area contributed by atoms with E-state index in [4.69, 9.17) is 0 Å². The first-order valence-electron chi connectivity index (χ1n) is 10.4. The molecule has 0 N–H and O–H groups in total. The molecule has 0 atom stereocenters. The maximum Gasteiger partial charge on any atom is 0.244 e. The molecule has 0 aliphatic carbocycles. The van der Waals surface area contributed by atoms with E-state index in [2.05, 4.69) is 35.2 Å². The fourth-order valence-electron chi connectivity index (χ4n) is 4.42. The Labute approximate surface area is 173 Å². The van der Waals surface area contributed by atoms with E-state index in [1.165, 1.54) is 28.8 Å². The number of hydrogen-bond donors (Lipinski definition) is 0. The monoisotopic (exact) mass is 412 g/mol. The van der Waals surface area contributed by atoms with Crippen molar-refractivity contribution in [3.8, 4) is 0 Å². The molecule has 0 amide bonds. The van der Waals surface area contributed by atoms with Gasteiger partial charge in [0.2, 0.25) is 10.0 Å². The summed E-state index contributed by atoms with van der Waals surface area (Å²) < 4.78 is 27.0. The van der Waals surface area contributed by atoms with Gasteiger partial charge in [-0.2, -0.15) is 4.31 Å². The summed E-state index contributed by atoms with van der Waals surface area (Å²) in [5.41, 5.74) is 1.73. The first-order chi connectivity index (χ1) is 14.0. The number of carbonyl (C=O) groups is 1. The second-order valence-corrected chi connectivity index (χ2v) is 9.99. The molecule has 4 rings (SSSR count). The molecule has 1 saturated heterocycles. The van der Waals surface area contributed by atoms with E-state index < -0.39 is 10.0 Å². The number of benzene rings is 2. The van der Waals surface area contributed by atoms with Crippen molar-refractivity contribution in [1.29, 1.82) is 0 Å². The minimum absolute atomic E-state index is 0.0432. The largest absolute Gasteiger partial charge is 0.303 e. The Morgan fingerprint density at radius 2 is 1.59 bits per heavy atom. The van der Waals surface area contributed by atoms with Gasteiger partial charge in [-0.05, 0) is 68.9 Å². The first kappa shape index (κ1) is 20.3. The smallest absolute Gasteiger partial charge is 0.244 e. The number of carbonyl (C=O) groups excluding carboxylic acids is 1. The van der Waals surface area contributed by atoms with Crippen LogP contribution in [0, 0.1) is 5.92 Å². The van der Waals surface area contributed by atoms with Crippen LogP contribution in [0.15, 0.2) is 59.5 Å². The quantitative estimate of drug-likeness (QED) is 0.731. The summed E-state index contributed by atoms with van der Waals surface area (Å²) in [6.07, 6.45) is 4.26. The second kappa shape index (κ2) is 8.78. The highest BCUT2D eigenvalue weighted by Crippen LogP contribution is 2.26. The van der Waals surface area contributed by atoms with Crippen LogP contribution < -0.4 is 0 Å². The molecule has 0 bridgehead atoms. The zero-order valence-corrected chi connectivity index (χ0v) is 17.5. The van der Waals surface area contributed by atoms with Crippen molar-refractivity contribution in [3.63, 3.8) is 0 Å². The van der Waals surface area contributed by atoms with Crippen LogP contribution in [0.1, 0.15) is 35.2 Å². The van der Waals surface area contributed by atoms with Crippen LogP contribution >= 0.6 is 0 Å². The summed E-state index contributed by atoms with van der Waals surface area (Å²) in [6, 6.07) is 17.2. The van der Waals surface area contributed by atoms with E-state index in [1.54, 1.807) is 18.2 Å². The van der Waals surface area contributed by atoms with Crippen LogP contribution in [0.5, 0.6) is 0 Å². The summed E-state index contributed by atoms with van der Waals surface area (Å²) in [6.45, 7) is 3.35. The van der Waals surface area contributed by atoms with Crippen molar-refractivity contribution in [1.82, 2.24) is 9.21 Å². The molecule has 2 aromatic carbocycles. The average Bonchev–Trinajstić information content (AvgIpc) is 2.74. The molecule has 2 aliphatic rings. The third-order valence-corrected chi connectivity index (χ3v) is 7.98. The van der Waals surface area contributed by atoms with Crippen LogP contribution in [0.2, 0.25) is 0 Å². The van der Waals surface area contributed by atoms with Crippen LogP contribution in [0.3, 0.4) is 0 Å². The molecule has 2 aliphatic heterocycles. The average molecular weight is 413 g/mol. The van der Waals surface area contributed by atoms with Gasteiger partial charge >= 0.3 is 0 Å². The maximum atomic E-state index is 12.8. The Balaban J connectivity index is 1.26. The Bertz CT molecular complexity index is 951. The van der Waals surface area contributed by atoms with E-state index in [-0.39, 0.29) is 17.2 Å². The number of likely N-dealkylation sites (tertiary alicyclic amines) is 1. The second-order valence-electron chi connectivity index (χ2n) is 8.09. The predicted octanol–water partition coefficient (Wildman–Crippen LogP) is 3.22. The lowest BCUT2D eigenvalue weighted by Gasteiger charge is -2.33. The van der Waals surface area contributed by atoms with Crippen molar-refractivity contribution in [2.75, 3.05) is 32.7 Å². The Kier molecular flexibility index (Phi) is 6.13. The molecule has 0 spiro atoms. The number of rotatable bonds is 6. The standard InChI is InChI=1S/C23H28N2O3S/c26-22-18-25(29(27,28)23-10-5-4-9-21(22)23)14-6-13-24-15-11-20(12-16-24)17-19-7-2-1-3-8-19/h1-5,7-10,20H,6,11-18H2. The van der Waals surface area contributed by atoms with Gasteiger partial charge in [-0.15, -0.1) is 0 Å². The molecule has 0 aromatic heterocycles. The molecule has 1 fully saturated rings. The number of nitrogens with zero attached hydrogens (tertiary/aromatic N) is 2. The first-order valence-corrected chi connectivity index (χ1v) is 11.9. The van der Waals surface area contributed by atoms with E-state index in [0.717, 1.165) is 38.4 Å². The zero-order valence-electron chi connectivity index (χ0n) is 16.7. The van der Waals surface area contributed by atoms with Crippen molar-refractivity contribution in [2.24, 2.45) is 5.92 Å². The lowest BCUT2D eigenvalue weighted by atomic mass is 9.90. The van der Waals surface area contributed by atoms with Crippen LogP contribution in [0.4, 0.5) is 0 Å². The molecule has 0 saturated carbocycles. The zero-order chi connectivity index (χ0) is 20.3. The summed E-state index contributed by atoms with van der Waals surface area (Å²) in [5.74, 6) is 0.613. The highest BCUT2D eigenvalue weighted by Gasteiger charge is 2.35. The Morgan fingerprint density at radius 1 is 0.897 bits per heavy atom. The highest BCUT2D eigenvalue weighted by molar-refractivity contribution is 7.89. The lowest BCUT2D eigenvalue weighted by Crippen LogP contribution is -2.42. The molecule has 154 valence electrons. The molecule has 2 heterocycles. The Hall–Kier alpha value is -2.02. The predicted molar refractivity (Wildman–Crippen MR) is 113 cm³/mol. The van der Waals surface area contributed by atoms with Gasteiger partial charge < -0.3 is 4.90 Å². The van der Waals surface area contributed by atoms with Gasteiger partial charge in [0.15, 0.2) is 5.78 Å². The number of fused-ring (bicyclic) bond motifs is 1. The number of hydrogen-bond acceptors (Lipinski definition) is 4. The van der Waals surface area contributed by atoms with Crippen molar-refractivity contribution < 1.29 is 13.2 Å². The molecule has 29 heavy (non-hydrogen) atoms. The van der Waals surface area contributed by atoms with Gasteiger partial charge in [0.1, 0.15) is 0 Å². The summed E-state index contributed by atoms with van der Waals surface area (Å²) >= 11 is 0. The minimum Gasteiger partial charge on any atom is -0.303 e. The number of ketones is 1. The molecule has 0 unspecified atom stereocenters. The van der Waals surface area contributed by atoms with Gasteiger partial charge in [0, 0.05) is 12.1 Å². The molecule has 5 nitrogen and oxygen atoms in total. The lowest BCUT2D eigenvalue weighted by molar-refractivity contribution is 0.0953. The maximum absolute atomic E-state index is 12.8. The fourth-order valence-corrected chi connectivity index (χ4v) is 6.07. The number of piperidine rings is 1. The van der Waals surface area contributed by atoms with Crippen molar-refractivity contribution >= 4 is 15.8 Å². The van der Waals surface area contributed by atoms with Gasteiger partial charge in [-0.3, -0.25) is 4.79 Å². The SMILES string of the molecule is O=C1CN(CCCN2CCC(Cc3ccccc3)CC2)S(=O)(=O)c2ccccc21. The van der Waals surface area contributed by atoms with Crippen LogP contribution in [-0.2, 0) is 16.4 Å². The number of Topliss-reactive ketones (excluding diaryl/α,β-unsaturated/α-hetero) is 1. The Morgan fingerprint density at radius 3 is 2.34 bits per heavy atom. The number of sulfonamides is 1. The molecule has 6 heteroatoms. The van der Waals surface area contributed by atoms with Gasteiger partial charge in [0.05, 0.1) is 11.4 Å². The molecular weight excluding hydrogens is 384 g/mol. The van der Waals surface area contributed by atoms with Crippen LogP contribution in [0.25, 0.3) is 0 Å². The molecule has 2 aromatic rings. The third-order valence-electron chi connectivity index (χ3n) is 6.08. The normalized spacial score (nSPS) is 20.5. The fraction of sp³-hybridized carbons (Fsp3) is 0.435. The topological polar surface area (TPSA) is 57.7 Å². The van der Waals surface area contributed by atoms with Gasteiger partial charge in [-0.25, -0.2) is 8.42 Å². The van der Waals surface area contributed by atoms with Gasteiger partial charge in [0.25, 0.3) is 0 Å².